The van der Waals surface area contributed by atoms with Crippen molar-refractivity contribution < 1.29 is 0 Å². The first-order valence-electron chi connectivity index (χ1n) is 5.87. The smallest absolute Gasteiger partial charge is 0.225 e. The van der Waals surface area contributed by atoms with E-state index in [9.17, 15) is 0 Å². The molecule has 0 saturated heterocycles. The molecule has 0 spiro atoms. The fourth-order valence-electron chi connectivity index (χ4n) is 1.66. The minimum absolute atomic E-state index is 0.505. The second kappa shape index (κ2) is 4.10. The van der Waals surface area contributed by atoms with Gasteiger partial charge in [-0.25, -0.2) is 9.97 Å². The lowest BCUT2D eigenvalue weighted by molar-refractivity contribution is 0.890. The highest BCUT2D eigenvalue weighted by Gasteiger charge is 2.22. The number of rotatable bonds is 3. The number of hydrogen-bond acceptors (Lipinski definition) is 4. The Hall–Kier alpha value is -0.870. The van der Waals surface area contributed by atoms with Crippen LogP contribution in [0.3, 0.4) is 0 Å². The summed E-state index contributed by atoms with van der Waals surface area (Å²) >= 11 is 7.91. The molecule has 0 unspecified atom stereocenters. The van der Waals surface area contributed by atoms with Crippen molar-refractivity contribution in [2.75, 3.05) is 5.32 Å². The molecule has 2 aromatic rings. The van der Waals surface area contributed by atoms with Crippen LogP contribution in [0.25, 0.3) is 10.2 Å². The lowest BCUT2D eigenvalue weighted by Crippen LogP contribution is -2.04. The number of fused-ring (bicyclic) bond motifs is 1. The second-order valence-electron chi connectivity index (χ2n) is 4.78. The highest BCUT2D eigenvalue weighted by atomic mass is 35.5. The van der Waals surface area contributed by atoms with Crippen molar-refractivity contribution in [3.05, 3.63) is 16.1 Å². The first-order chi connectivity index (χ1) is 8.13. The Kier molecular flexibility index (Phi) is 2.71. The molecule has 17 heavy (non-hydrogen) atoms. The van der Waals surface area contributed by atoms with Crippen LogP contribution in [0, 0.1) is 0 Å². The molecular weight excluding hydrogens is 254 g/mol. The van der Waals surface area contributed by atoms with Crippen LogP contribution in [-0.2, 0) is 0 Å². The van der Waals surface area contributed by atoms with Gasteiger partial charge in [-0.3, -0.25) is 0 Å². The van der Waals surface area contributed by atoms with E-state index in [1.165, 1.54) is 17.7 Å². The van der Waals surface area contributed by atoms with E-state index in [4.69, 9.17) is 11.6 Å². The Bertz CT molecular complexity index is 560. The van der Waals surface area contributed by atoms with Crippen LogP contribution >= 0.6 is 22.9 Å². The van der Waals surface area contributed by atoms with E-state index in [0.29, 0.717) is 23.1 Å². The van der Waals surface area contributed by atoms with Gasteiger partial charge < -0.3 is 5.32 Å². The molecule has 1 fully saturated rings. The van der Waals surface area contributed by atoms with Gasteiger partial charge in [0.2, 0.25) is 5.95 Å². The molecule has 2 heterocycles. The molecule has 1 saturated carbocycles. The Morgan fingerprint density at radius 3 is 2.82 bits per heavy atom. The third-order valence-corrected chi connectivity index (χ3v) is 4.46. The molecule has 3 rings (SSSR count). The van der Waals surface area contributed by atoms with Gasteiger partial charge in [0.15, 0.2) is 0 Å². The van der Waals surface area contributed by atoms with Crippen molar-refractivity contribution >= 4 is 39.1 Å². The van der Waals surface area contributed by atoms with Gasteiger partial charge in [0.25, 0.3) is 0 Å². The van der Waals surface area contributed by atoms with Crippen LogP contribution in [0.4, 0.5) is 5.95 Å². The number of nitrogens with one attached hydrogen (secondary N) is 1. The molecule has 0 aliphatic heterocycles. The fourth-order valence-corrected chi connectivity index (χ4v) is 2.98. The molecule has 0 aromatic carbocycles. The average molecular weight is 268 g/mol. The Balaban J connectivity index is 2.04. The lowest BCUT2D eigenvalue weighted by atomic mass is 10.2. The standard InChI is InChI=1S/C12H14ClN3S/c1-6(2)9-5-8-10(13)15-12(14-7-3-4-7)16-11(8)17-9/h5-7H,3-4H2,1-2H3,(H,14,15,16). The molecule has 0 amide bonds. The van der Waals surface area contributed by atoms with Gasteiger partial charge in [-0.15, -0.1) is 11.3 Å². The minimum Gasteiger partial charge on any atom is -0.351 e. The summed E-state index contributed by atoms with van der Waals surface area (Å²) in [5, 5.41) is 4.82. The van der Waals surface area contributed by atoms with Gasteiger partial charge in [0.1, 0.15) is 9.98 Å². The second-order valence-corrected chi connectivity index (χ2v) is 6.20. The van der Waals surface area contributed by atoms with Crippen LogP contribution in [0.15, 0.2) is 6.07 Å². The molecular formula is C12H14ClN3S. The van der Waals surface area contributed by atoms with E-state index in [0.717, 1.165) is 10.2 Å². The summed E-state index contributed by atoms with van der Waals surface area (Å²) in [6.45, 7) is 4.35. The molecule has 2 aromatic heterocycles. The zero-order valence-electron chi connectivity index (χ0n) is 9.83. The van der Waals surface area contributed by atoms with E-state index in [-0.39, 0.29) is 0 Å². The predicted octanol–water partition coefficient (Wildman–Crippen LogP) is 4.04. The molecule has 1 N–H and O–H groups in total. The summed E-state index contributed by atoms with van der Waals surface area (Å²) in [6.07, 6.45) is 2.42. The van der Waals surface area contributed by atoms with Gasteiger partial charge in [-0.1, -0.05) is 25.4 Å². The fraction of sp³-hybridized carbons (Fsp3) is 0.500. The Morgan fingerprint density at radius 1 is 1.41 bits per heavy atom. The summed E-state index contributed by atoms with van der Waals surface area (Å²) in [6, 6.07) is 2.65. The van der Waals surface area contributed by atoms with Gasteiger partial charge in [0, 0.05) is 16.3 Å². The predicted molar refractivity (Wildman–Crippen MR) is 73.2 cm³/mol. The Morgan fingerprint density at radius 2 is 2.18 bits per heavy atom. The topological polar surface area (TPSA) is 37.8 Å². The van der Waals surface area contributed by atoms with E-state index in [1.54, 1.807) is 11.3 Å². The quantitative estimate of drug-likeness (QED) is 0.853. The maximum absolute atomic E-state index is 6.20. The summed E-state index contributed by atoms with van der Waals surface area (Å²) in [7, 11) is 0. The van der Waals surface area contributed by atoms with Gasteiger partial charge >= 0.3 is 0 Å². The van der Waals surface area contributed by atoms with E-state index < -0.39 is 0 Å². The van der Waals surface area contributed by atoms with E-state index in [2.05, 4.69) is 35.2 Å². The van der Waals surface area contributed by atoms with Gasteiger partial charge in [0.05, 0.1) is 0 Å². The third-order valence-electron chi connectivity index (χ3n) is 2.84. The van der Waals surface area contributed by atoms with Crippen molar-refractivity contribution in [3.8, 4) is 0 Å². The van der Waals surface area contributed by atoms with E-state index >= 15 is 0 Å². The highest BCUT2D eigenvalue weighted by molar-refractivity contribution is 7.18. The normalized spacial score (nSPS) is 15.8. The highest BCUT2D eigenvalue weighted by Crippen LogP contribution is 2.34. The summed E-state index contributed by atoms with van der Waals surface area (Å²) in [5.74, 6) is 1.17. The van der Waals surface area contributed by atoms with Crippen LogP contribution < -0.4 is 5.32 Å². The molecule has 0 radical (unpaired) electrons. The number of thiophene rings is 1. The monoisotopic (exact) mass is 267 g/mol. The van der Waals surface area contributed by atoms with Crippen LogP contribution in [0.5, 0.6) is 0 Å². The SMILES string of the molecule is CC(C)c1cc2c(Cl)nc(NC3CC3)nc2s1. The zero-order valence-corrected chi connectivity index (χ0v) is 11.4. The number of anilines is 1. The van der Waals surface area contributed by atoms with Crippen molar-refractivity contribution in [1.82, 2.24) is 9.97 Å². The summed E-state index contributed by atoms with van der Waals surface area (Å²) in [4.78, 5) is 11.1. The van der Waals surface area contributed by atoms with Crippen molar-refractivity contribution in [2.24, 2.45) is 0 Å². The number of hydrogen-bond donors (Lipinski definition) is 1. The van der Waals surface area contributed by atoms with Crippen LogP contribution in [0.2, 0.25) is 5.15 Å². The zero-order chi connectivity index (χ0) is 12.0. The summed E-state index contributed by atoms with van der Waals surface area (Å²) in [5.41, 5.74) is 0. The third kappa shape index (κ3) is 2.24. The van der Waals surface area contributed by atoms with Crippen molar-refractivity contribution in [1.29, 1.82) is 0 Å². The minimum atomic E-state index is 0.505. The largest absolute Gasteiger partial charge is 0.351 e. The molecule has 0 atom stereocenters. The average Bonchev–Trinajstić information content (AvgIpc) is 2.95. The lowest BCUT2D eigenvalue weighted by Gasteiger charge is -2.02. The Labute approximate surface area is 109 Å². The first kappa shape index (κ1) is 11.2. The van der Waals surface area contributed by atoms with E-state index in [1.807, 2.05) is 0 Å². The van der Waals surface area contributed by atoms with Gasteiger partial charge in [-0.2, -0.15) is 0 Å². The molecule has 3 nitrogen and oxygen atoms in total. The number of nitrogens with zero attached hydrogens (tertiary/aromatic N) is 2. The van der Waals surface area contributed by atoms with Crippen LogP contribution in [0.1, 0.15) is 37.5 Å². The maximum Gasteiger partial charge on any atom is 0.225 e. The molecule has 0 bridgehead atoms. The summed E-state index contributed by atoms with van der Waals surface area (Å²) < 4.78 is 0. The van der Waals surface area contributed by atoms with Crippen molar-refractivity contribution in [2.45, 2.75) is 38.6 Å². The molecule has 1 aliphatic rings. The van der Waals surface area contributed by atoms with Crippen molar-refractivity contribution in [3.63, 3.8) is 0 Å². The number of aromatic nitrogens is 2. The molecule has 5 heteroatoms. The van der Waals surface area contributed by atoms with Gasteiger partial charge in [-0.05, 0) is 24.8 Å². The maximum atomic E-state index is 6.20. The van der Waals surface area contributed by atoms with Crippen LogP contribution in [-0.4, -0.2) is 16.0 Å². The molecule has 1 aliphatic carbocycles. The number of halogens is 1. The molecule has 90 valence electrons. The first-order valence-corrected chi connectivity index (χ1v) is 7.06.